The van der Waals surface area contributed by atoms with Crippen LogP contribution in [-0.2, 0) is 0 Å². The molecule has 0 radical (unpaired) electrons. The van der Waals surface area contributed by atoms with Crippen LogP contribution in [0.15, 0.2) is 90.0 Å². The summed E-state index contributed by atoms with van der Waals surface area (Å²) in [6.07, 6.45) is 1.54. The number of hydrazone groups is 1. The molecule has 4 rings (SSSR count). The quantitative estimate of drug-likeness (QED) is 0.420. The van der Waals surface area contributed by atoms with Crippen molar-refractivity contribution in [3.8, 4) is 17.3 Å². The zero-order valence-corrected chi connectivity index (χ0v) is 15.4. The molecule has 0 atom stereocenters. The third-order valence-corrected chi connectivity index (χ3v) is 4.45. The summed E-state index contributed by atoms with van der Waals surface area (Å²) in [5.74, 6) is -0.314. The summed E-state index contributed by atoms with van der Waals surface area (Å²) in [5.41, 5.74) is 6.86. The number of fused-ring (bicyclic) bond motifs is 1. The second kappa shape index (κ2) is 8.15. The molecule has 0 unspecified atom stereocenters. The van der Waals surface area contributed by atoms with Gasteiger partial charge >= 0.3 is 0 Å². The van der Waals surface area contributed by atoms with E-state index in [2.05, 4.69) is 21.6 Å². The van der Waals surface area contributed by atoms with Gasteiger partial charge in [-0.15, -0.1) is 0 Å². The number of benzene rings is 3. The molecule has 5 heteroatoms. The normalized spacial score (nSPS) is 10.7. The molecule has 138 valence electrons. The van der Waals surface area contributed by atoms with Gasteiger partial charge in [-0.3, -0.25) is 4.79 Å². The molecule has 0 saturated heterocycles. The third-order valence-electron chi connectivity index (χ3n) is 4.45. The van der Waals surface area contributed by atoms with Crippen LogP contribution in [0.4, 0.5) is 0 Å². The fourth-order valence-corrected chi connectivity index (χ4v) is 2.99. The smallest absolute Gasteiger partial charge is 0.267 e. The fourth-order valence-electron chi connectivity index (χ4n) is 2.99. The van der Waals surface area contributed by atoms with Gasteiger partial charge in [0.2, 0.25) is 0 Å². The molecule has 29 heavy (non-hydrogen) atoms. The number of pyridine rings is 1. The first-order valence-electron chi connectivity index (χ1n) is 9.03. The Morgan fingerprint density at radius 3 is 2.45 bits per heavy atom. The van der Waals surface area contributed by atoms with Crippen molar-refractivity contribution in [2.24, 2.45) is 5.10 Å². The molecule has 0 fully saturated rings. The molecule has 5 nitrogen and oxygen atoms in total. The Morgan fingerprint density at radius 1 is 0.966 bits per heavy atom. The van der Waals surface area contributed by atoms with Gasteiger partial charge in [-0.2, -0.15) is 10.4 Å². The van der Waals surface area contributed by atoms with Crippen LogP contribution in [0, 0.1) is 11.3 Å². The fraction of sp³-hybridized carbons (Fsp3) is 0. The highest BCUT2D eigenvalue weighted by atomic mass is 16.2. The van der Waals surface area contributed by atoms with Crippen LogP contribution in [0.3, 0.4) is 0 Å². The summed E-state index contributed by atoms with van der Waals surface area (Å²) in [7, 11) is 0. The van der Waals surface area contributed by atoms with Crippen LogP contribution in [0.1, 0.15) is 21.5 Å². The number of nitrogens with zero attached hydrogens (tertiary/aromatic N) is 3. The van der Waals surface area contributed by atoms with E-state index in [9.17, 15) is 4.79 Å². The number of aromatic nitrogens is 1. The Labute approximate surface area is 168 Å². The van der Waals surface area contributed by atoms with Crippen molar-refractivity contribution in [3.63, 3.8) is 0 Å². The maximum atomic E-state index is 12.8. The molecule has 1 amide bonds. The number of hydrogen-bond acceptors (Lipinski definition) is 4. The average molecular weight is 376 g/mol. The molecule has 1 aromatic heterocycles. The van der Waals surface area contributed by atoms with Crippen molar-refractivity contribution >= 4 is 23.0 Å². The third kappa shape index (κ3) is 4.02. The summed E-state index contributed by atoms with van der Waals surface area (Å²) in [4.78, 5) is 17.5. The van der Waals surface area contributed by atoms with Gasteiger partial charge < -0.3 is 0 Å². The van der Waals surface area contributed by atoms with E-state index in [1.54, 1.807) is 36.5 Å². The van der Waals surface area contributed by atoms with E-state index in [1.807, 2.05) is 54.6 Å². The van der Waals surface area contributed by atoms with Crippen LogP contribution >= 0.6 is 0 Å². The molecule has 0 aliphatic rings. The number of carbonyl (C=O) groups excluding carboxylic acids is 1. The number of nitriles is 1. The predicted molar refractivity (Wildman–Crippen MR) is 113 cm³/mol. The largest absolute Gasteiger partial charge is 0.272 e. The monoisotopic (exact) mass is 376 g/mol. The second-order valence-corrected chi connectivity index (χ2v) is 6.37. The molecule has 4 aromatic rings. The number of rotatable bonds is 4. The molecule has 0 saturated carbocycles. The highest BCUT2D eigenvalue weighted by molar-refractivity contribution is 6.07. The predicted octanol–water partition coefficient (Wildman–Crippen LogP) is 4.54. The molecule has 0 spiro atoms. The van der Waals surface area contributed by atoms with E-state index in [0.717, 1.165) is 27.7 Å². The summed E-state index contributed by atoms with van der Waals surface area (Å²) >= 11 is 0. The van der Waals surface area contributed by atoms with Gasteiger partial charge in [-0.25, -0.2) is 10.4 Å². The standard InChI is InChI=1S/C24H16N4O/c25-15-17-10-12-18(13-11-17)16-26-28-24(29)21-14-23(19-6-2-1-3-7-19)27-22-9-5-4-8-20(21)22/h1-14,16H,(H,28,29)/b26-16+. The Morgan fingerprint density at radius 2 is 1.69 bits per heavy atom. The Bertz CT molecular complexity index is 1240. The molecule has 0 aliphatic heterocycles. The molecular formula is C24H16N4O. The highest BCUT2D eigenvalue weighted by Crippen LogP contribution is 2.24. The lowest BCUT2D eigenvalue weighted by molar-refractivity contribution is 0.0956. The van der Waals surface area contributed by atoms with Gasteiger partial charge in [0.1, 0.15) is 0 Å². The van der Waals surface area contributed by atoms with Gasteiger partial charge in [0.15, 0.2) is 0 Å². The maximum absolute atomic E-state index is 12.8. The summed E-state index contributed by atoms with van der Waals surface area (Å²) in [6, 6.07) is 28.1. The lowest BCUT2D eigenvalue weighted by Crippen LogP contribution is -2.18. The van der Waals surface area contributed by atoms with Gasteiger partial charge in [-0.1, -0.05) is 60.7 Å². The number of amides is 1. The van der Waals surface area contributed by atoms with Crippen LogP contribution < -0.4 is 5.43 Å². The summed E-state index contributed by atoms with van der Waals surface area (Å²) in [5, 5.41) is 13.7. The number of hydrogen-bond donors (Lipinski definition) is 1. The van der Waals surface area contributed by atoms with Gasteiger partial charge in [0.25, 0.3) is 5.91 Å². The van der Waals surface area contributed by atoms with E-state index in [0.29, 0.717) is 11.1 Å². The number of carbonyl (C=O) groups is 1. The van der Waals surface area contributed by atoms with Crippen molar-refractivity contribution < 1.29 is 4.79 Å². The van der Waals surface area contributed by atoms with Gasteiger partial charge in [-0.05, 0) is 29.8 Å². The van der Waals surface area contributed by atoms with E-state index in [4.69, 9.17) is 5.26 Å². The lowest BCUT2D eigenvalue weighted by Gasteiger charge is -2.09. The molecule has 0 aliphatic carbocycles. The zero-order chi connectivity index (χ0) is 20.1. The van der Waals surface area contributed by atoms with E-state index in [-0.39, 0.29) is 5.91 Å². The molecule has 1 N–H and O–H groups in total. The van der Waals surface area contributed by atoms with Crippen LogP contribution in [0.5, 0.6) is 0 Å². The van der Waals surface area contributed by atoms with Crippen molar-refractivity contribution in [1.82, 2.24) is 10.4 Å². The molecule has 3 aromatic carbocycles. The minimum atomic E-state index is -0.314. The van der Waals surface area contributed by atoms with E-state index < -0.39 is 0 Å². The Balaban J connectivity index is 1.64. The van der Waals surface area contributed by atoms with Crippen molar-refractivity contribution in [1.29, 1.82) is 5.26 Å². The SMILES string of the molecule is N#Cc1ccc(/C=N/NC(=O)c2cc(-c3ccccc3)nc3ccccc23)cc1. The highest BCUT2D eigenvalue weighted by Gasteiger charge is 2.13. The first-order chi connectivity index (χ1) is 14.2. The van der Waals surface area contributed by atoms with Crippen LogP contribution in [0.25, 0.3) is 22.2 Å². The van der Waals surface area contributed by atoms with Crippen molar-refractivity contribution in [2.75, 3.05) is 0 Å². The van der Waals surface area contributed by atoms with Crippen molar-refractivity contribution in [3.05, 3.63) is 102 Å². The van der Waals surface area contributed by atoms with Crippen LogP contribution in [-0.4, -0.2) is 17.1 Å². The summed E-state index contributed by atoms with van der Waals surface area (Å²) in [6.45, 7) is 0. The van der Waals surface area contributed by atoms with Crippen molar-refractivity contribution in [2.45, 2.75) is 0 Å². The second-order valence-electron chi connectivity index (χ2n) is 6.37. The van der Waals surface area contributed by atoms with Gasteiger partial charge in [0.05, 0.1) is 34.6 Å². The lowest BCUT2D eigenvalue weighted by atomic mass is 10.0. The van der Waals surface area contributed by atoms with E-state index in [1.165, 1.54) is 0 Å². The zero-order valence-electron chi connectivity index (χ0n) is 15.4. The minimum absolute atomic E-state index is 0.314. The first-order valence-corrected chi connectivity index (χ1v) is 9.03. The Kier molecular flexibility index (Phi) is 5.08. The maximum Gasteiger partial charge on any atom is 0.272 e. The number of nitrogens with one attached hydrogen (secondary N) is 1. The molecular weight excluding hydrogens is 360 g/mol. The Hall–Kier alpha value is -4.30. The first kappa shape index (κ1) is 18.1. The minimum Gasteiger partial charge on any atom is -0.267 e. The molecule has 0 bridgehead atoms. The number of para-hydroxylation sites is 1. The van der Waals surface area contributed by atoms with E-state index >= 15 is 0 Å². The molecule has 1 heterocycles. The summed E-state index contributed by atoms with van der Waals surface area (Å²) < 4.78 is 0. The van der Waals surface area contributed by atoms with Gasteiger partial charge in [0, 0.05) is 10.9 Å². The average Bonchev–Trinajstić information content (AvgIpc) is 2.79. The van der Waals surface area contributed by atoms with Crippen LogP contribution in [0.2, 0.25) is 0 Å². The topological polar surface area (TPSA) is 78.1 Å².